The summed E-state index contributed by atoms with van der Waals surface area (Å²) < 4.78 is 5.46. The van der Waals surface area contributed by atoms with Gasteiger partial charge in [-0.2, -0.15) is 4.98 Å². The van der Waals surface area contributed by atoms with Gasteiger partial charge in [0.1, 0.15) is 11.0 Å². The van der Waals surface area contributed by atoms with Crippen LogP contribution in [0.25, 0.3) is 22.0 Å². The minimum atomic E-state index is -0.384. The number of aromatic nitrogens is 4. The zero-order chi connectivity index (χ0) is 22.5. The molecule has 4 aromatic rings. The van der Waals surface area contributed by atoms with Gasteiger partial charge in [0.25, 0.3) is 0 Å². The molecule has 1 atom stereocenters. The van der Waals surface area contributed by atoms with E-state index in [0.717, 1.165) is 28.2 Å². The summed E-state index contributed by atoms with van der Waals surface area (Å²) >= 11 is 1.54. The van der Waals surface area contributed by atoms with Gasteiger partial charge in [0.2, 0.25) is 17.6 Å². The van der Waals surface area contributed by atoms with Crippen molar-refractivity contribution in [1.82, 2.24) is 25.4 Å². The van der Waals surface area contributed by atoms with Crippen LogP contribution in [0.4, 0.5) is 0 Å². The Hall–Kier alpha value is -3.39. The van der Waals surface area contributed by atoms with E-state index in [4.69, 9.17) is 4.52 Å². The van der Waals surface area contributed by atoms with E-state index in [1.165, 1.54) is 5.56 Å². The van der Waals surface area contributed by atoms with Crippen molar-refractivity contribution >= 4 is 17.2 Å². The highest BCUT2D eigenvalue weighted by molar-refractivity contribution is 7.13. The predicted molar refractivity (Wildman–Crippen MR) is 124 cm³/mol. The highest BCUT2D eigenvalue weighted by atomic mass is 32.1. The topological polar surface area (TPSA) is 93.8 Å². The third kappa shape index (κ3) is 5.08. The zero-order valence-electron chi connectivity index (χ0n) is 18.3. The monoisotopic (exact) mass is 447 g/mol. The maximum absolute atomic E-state index is 12.8. The summed E-state index contributed by atoms with van der Waals surface area (Å²) in [6.07, 6.45) is 4.55. The van der Waals surface area contributed by atoms with Gasteiger partial charge in [-0.3, -0.25) is 9.78 Å². The molecule has 0 aliphatic heterocycles. The van der Waals surface area contributed by atoms with E-state index in [9.17, 15) is 4.79 Å². The van der Waals surface area contributed by atoms with Crippen LogP contribution < -0.4 is 5.32 Å². The van der Waals surface area contributed by atoms with Crippen molar-refractivity contribution in [1.29, 1.82) is 0 Å². The summed E-state index contributed by atoms with van der Waals surface area (Å²) in [5.74, 6) is 0.800. The van der Waals surface area contributed by atoms with Crippen molar-refractivity contribution in [2.75, 3.05) is 0 Å². The second-order valence-corrected chi connectivity index (χ2v) is 8.71. The molecule has 3 heterocycles. The number of hydrogen-bond donors (Lipinski definition) is 1. The van der Waals surface area contributed by atoms with Crippen LogP contribution in [-0.2, 0) is 17.6 Å². The summed E-state index contributed by atoms with van der Waals surface area (Å²) in [5, 5.41) is 9.93. The van der Waals surface area contributed by atoms with E-state index in [1.807, 2.05) is 31.4 Å². The average molecular weight is 448 g/mol. The fourth-order valence-electron chi connectivity index (χ4n) is 3.29. The van der Waals surface area contributed by atoms with Gasteiger partial charge in [0, 0.05) is 28.9 Å². The molecule has 0 bridgehead atoms. The summed E-state index contributed by atoms with van der Waals surface area (Å²) in [6.45, 7) is 6.14. The lowest BCUT2D eigenvalue weighted by Gasteiger charge is -2.18. The Balaban J connectivity index is 1.43. The lowest BCUT2D eigenvalue weighted by Crippen LogP contribution is -2.33. The average Bonchev–Trinajstić information content (AvgIpc) is 3.48. The zero-order valence-corrected chi connectivity index (χ0v) is 19.1. The fraction of sp³-hybridized carbons (Fsp3) is 0.292. The van der Waals surface area contributed by atoms with Gasteiger partial charge in [-0.15, -0.1) is 11.3 Å². The molecule has 1 aromatic carbocycles. The molecule has 0 aliphatic carbocycles. The Kier molecular flexibility index (Phi) is 6.70. The Labute approximate surface area is 190 Å². The number of amides is 1. The van der Waals surface area contributed by atoms with Crippen LogP contribution in [0.2, 0.25) is 0 Å². The molecule has 1 N–H and O–H groups in total. The standard InChI is InChI=1S/C24H25N5O2S/c1-4-16-5-7-18(8-6-16)24-26-19(14-32-24)13-20(30)27-21(15(2)3)23-28-22(29-31-23)17-9-11-25-12-10-17/h5-12,14-15,21H,4,13H2,1-3H3,(H,27,30). The highest BCUT2D eigenvalue weighted by Gasteiger charge is 2.25. The van der Waals surface area contributed by atoms with Crippen molar-refractivity contribution < 1.29 is 9.32 Å². The Morgan fingerprint density at radius 1 is 1.06 bits per heavy atom. The normalized spacial score (nSPS) is 12.1. The Morgan fingerprint density at radius 2 is 1.81 bits per heavy atom. The third-order valence-electron chi connectivity index (χ3n) is 5.13. The van der Waals surface area contributed by atoms with Gasteiger partial charge in [-0.05, 0) is 30.0 Å². The number of nitrogens with zero attached hydrogens (tertiary/aromatic N) is 4. The molecule has 0 radical (unpaired) electrons. The smallest absolute Gasteiger partial charge is 0.249 e. The van der Waals surface area contributed by atoms with E-state index in [1.54, 1.807) is 23.7 Å². The van der Waals surface area contributed by atoms with Crippen LogP contribution in [0.15, 0.2) is 58.7 Å². The van der Waals surface area contributed by atoms with Gasteiger partial charge in [0.05, 0.1) is 12.1 Å². The number of hydrogen-bond acceptors (Lipinski definition) is 7. The minimum absolute atomic E-state index is 0.0766. The van der Waals surface area contributed by atoms with Gasteiger partial charge in [-0.1, -0.05) is 50.2 Å². The second-order valence-electron chi connectivity index (χ2n) is 7.85. The molecule has 0 aliphatic rings. The molecule has 3 aromatic heterocycles. The van der Waals surface area contributed by atoms with E-state index in [-0.39, 0.29) is 24.3 Å². The molecule has 4 rings (SSSR count). The van der Waals surface area contributed by atoms with Crippen LogP contribution >= 0.6 is 11.3 Å². The molecular formula is C24H25N5O2S. The molecular weight excluding hydrogens is 422 g/mol. The van der Waals surface area contributed by atoms with Crippen molar-refractivity contribution in [2.24, 2.45) is 5.92 Å². The first-order valence-electron chi connectivity index (χ1n) is 10.6. The largest absolute Gasteiger partial charge is 0.344 e. The van der Waals surface area contributed by atoms with Gasteiger partial charge < -0.3 is 9.84 Å². The number of pyridine rings is 1. The maximum atomic E-state index is 12.8. The minimum Gasteiger partial charge on any atom is -0.344 e. The highest BCUT2D eigenvalue weighted by Crippen LogP contribution is 2.26. The molecule has 7 nitrogen and oxygen atoms in total. The lowest BCUT2D eigenvalue weighted by molar-refractivity contribution is -0.121. The first kappa shape index (κ1) is 21.8. The fourth-order valence-corrected chi connectivity index (χ4v) is 4.11. The van der Waals surface area contributed by atoms with Crippen LogP contribution in [0, 0.1) is 5.92 Å². The number of carbonyl (C=O) groups excluding carboxylic acids is 1. The van der Waals surface area contributed by atoms with Crippen molar-refractivity contribution in [2.45, 2.75) is 39.7 Å². The number of carbonyl (C=O) groups is 1. The van der Waals surface area contributed by atoms with Gasteiger partial charge in [0.15, 0.2) is 0 Å². The maximum Gasteiger partial charge on any atom is 0.249 e. The second kappa shape index (κ2) is 9.82. The quantitative estimate of drug-likeness (QED) is 0.414. The Morgan fingerprint density at radius 3 is 2.50 bits per heavy atom. The molecule has 0 saturated carbocycles. The van der Waals surface area contributed by atoms with Crippen molar-refractivity contribution in [3.05, 3.63) is 71.3 Å². The molecule has 0 fully saturated rings. The number of aryl methyl sites for hydroxylation is 1. The van der Waals surface area contributed by atoms with Crippen molar-refractivity contribution in [3.8, 4) is 22.0 Å². The van der Waals surface area contributed by atoms with Crippen LogP contribution in [0.3, 0.4) is 0 Å². The van der Waals surface area contributed by atoms with E-state index < -0.39 is 0 Å². The van der Waals surface area contributed by atoms with Crippen LogP contribution in [-0.4, -0.2) is 26.0 Å². The molecule has 1 unspecified atom stereocenters. The number of benzene rings is 1. The molecule has 0 saturated heterocycles. The first-order valence-corrected chi connectivity index (χ1v) is 11.5. The molecule has 164 valence electrons. The third-order valence-corrected chi connectivity index (χ3v) is 6.07. The summed E-state index contributed by atoms with van der Waals surface area (Å²) in [5.41, 5.74) is 3.91. The lowest BCUT2D eigenvalue weighted by atomic mass is 10.0. The summed E-state index contributed by atoms with van der Waals surface area (Å²) in [4.78, 5) is 25.9. The number of thiazole rings is 1. The van der Waals surface area contributed by atoms with Crippen LogP contribution in [0.1, 0.15) is 44.0 Å². The predicted octanol–water partition coefficient (Wildman–Crippen LogP) is 4.87. The number of rotatable bonds is 8. The number of nitrogens with one attached hydrogen (secondary N) is 1. The molecule has 0 spiro atoms. The molecule has 1 amide bonds. The van der Waals surface area contributed by atoms with Gasteiger partial charge in [-0.25, -0.2) is 4.98 Å². The van der Waals surface area contributed by atoms with E-state index in [0.29, 0.717) is 11.7 Å². The van der Waals surface area contributed by atoms with Crippen LogP contribution in [0.5, 0.6) is 0 Å². The van der Waals surface area contributed by atoms with Crippen molar-refractivity contribution in [3.63, 3.8) is 0 Å². The van der Waals surface area contributed by atoms with E-state index in [2.05, 4.69) is 56.6 Å². The first-order chi connectivity index (χ1) is 15.5. The Bertz CT molecular complexity index is 1170. The molecule has 32 heavy (non-hydrogen) atoms. The van der Waals surface area contributed by atoms with E-state index >= 15 is 0 Å². The summed E-state index contributed by atoms with van der Waals surface area (Å²) in [7, 11) is 0. The SMILES string of the molecule is CCc1ccc(-c2nc(CC(=O)NC(c3nc(-c4ccncc4)no3)C(C)C)cs2)cc1. The molecule has 8 heteroatoms. The summed E-state index contributed by atoms with van der Waals surface area (Å²) in [6, 6.07) is 11.6. The van der Waals surface area contributed by atoms with Gasteiger partial charge >= 0.3 is 0 Å².